The molecule has 1 heterocycles. The van der Waals surface area contributed by atoms with Crippen molar-refractivity contribution in [1.29, 1.82) is 0 Å². The lowest BCUT2D eigenvalue weighted by atomic mass is 10.0. The van der Waals surface area contributed by atoms with Gasteiger partial charge in [-0.2, -0.15) is 4.72 Å². The van der Waals surface area contributed by atoms with E-state index in [1.165, 1.54) is 25.3 Å². The Bertz CT molecular complexity index is 1590. The molecule has 0 aliphatic heterocycles. The maximum Gasteiger partial charge on any atom is 0.344 e. The van der Waals surface area contributed by atoms with Crippen LogP contribution in [0.3, 0.4) is 0 Å². The lowest BCUT2D eigenvalue weighted by Crippen LogP contribution is -2.43. The molecule has 0 spiro atoms. The number of esters is 1. The molecule has 1 N–H and O–H groups in total. The Hall–Kier alpha value is -3.69. The van der Waals surface area contributed by atoms with Crippen molar-refractivity contribution < 1.29 is 27.1 Å². The molecule has 0 aliphatic carbocycles. The van der Waals surface area contributed by atoms with Crippen LogP contribution in [0.4, 0.5) is 0 Å². The van der Waals surface area contributed by atoms with Gasteiger partial charge in [-0.3, -0.25) is 0 Å². The molecule has 188 valence electrons. The molecule has 8 nitrogen and oxygen atoms in total. The largest absolute Gasteiger partial charge is 0.497 e. The van der Waals surface area contributed by atoms with Gasteiger partial charge in [0.2, 0.25) is 10.0 Å². The van der Waals surface area contributed by atoms with Gasteiger partial charge in [-0.05, 0) is 61.7 Å². The lowest BCUT2D eigenvalue weighted by molar-refractivity contribution is -0.136. The summed E-state index contributed by atoms with van der Waals surface area (Å²) in [5.41, 5.74) is 0.606. The first-order chi connectivity index (χ1) is 17.1. The highest BCUT2D eigenvalue weighted by Gasteiger charge is 2.28. The summed E-state index contributed by atoms with van der Waals surface area (Å²) in [5.74, 6) is -0.0800. The van der Waals surface area contributed by atoms with E-state index in [1.54, 1.807) is 42.5 Å². The number of nitrogens with one attached hydrogen (secondary N) is 1. The predicted octanol–water partition coefficient (Wildman–Crippen LogP) is 4.56. The summed E-state index contributed by atoms with van der Waals surface area (Å²) in [6.07, 6.45) is 0.235. The van der Waals surface area contributed by atoms with E-state index in [0.29, 0.717) is 21.9 Å². The fourth-order valence-corrected chi connectivity index (χ4v) is 5.10. The molecule has 1 atom stereocenters. The summed E-state index contributed by atoms with van der Waals surface area (Å²) < 4.78 is 44.4. The van der Waals surface area contributed by atoms with Gasteiger partial charge in [-0.15, -0.1) is 0 Å². The number of methoxy groups -OCH3 is 1. The summed E-state index contributed by atoms with van der Waals surface area (Å²) >= 11 is 0. The van der Waals surface area contributed by atoms with Crippen LogP contribution in [0.1, 0.15) is 25.8 Å². The second-order valence-electron chi connectivity index (χ2n) is 9.00. The minimum atomic E-state index is -3.95. The van der Waals surface area contributed by atoms with E-state index in [9.17, 15) is 18.0 Å². The van der Waals surface area contributed by atoms with Crippen molar-refractivity contribution in [3.05, 3.63) is 76.6 Å². The average Bonchev–Trinajstić information content (AvgIpc) is 2.83. The Labute approximate surface area is 208 Å². The van der Waals surface area contributed by atoms with Gasteiger partial charge in [0.25, 0.3) is 0 Å². The maximum atomic E-state index is 13.0. The quantitative estimate of drug-likeness (QED) is 0.160. The fourth-order valence-electron chi connectivity index (χ4n) is 3.91. The second kappa shape index (κ2) is 10.1. The SMILES string of the molecule is COc1ccc2c(c1)c(=O)oc1cc(OC(=O)C(CC(C)C)NS(=O)(=O)c3ccc(C)cc3)ccc12. The fraction of sp³-hybridized carbons (Fsp3) is 0.259. The summed E-state index contributed by atoms with van der Waals surface area (Å²) in [6.45, 7) is 5.62. The molecule has 1 aromatic heterocycles. The van der Waals surface area contributed by atoms with E-state index in [1.807, 2.05) is 20.8 Å². The van der Waals surface area contributed by atoms with Gasteiger partial charge >= 0.3 is 11.6 Å². The summed E-state index contributed by atoms with van der Waals surface area (Å²) in [5, 5.41) is 1.70. The number of benzene rings is 3. The molecule has 0 fully saturated rings. The zero-order valence-electron chi connectivity index (χ0n) is 20.4. The third kappa shape index (κ3) is 5.42. The van der Waals surface area contributed by atoms with Crippen LogP contribution >= 0.6 is 0 Å². The van der Waals surface area contributed by atoms with Crippen LogP contribution in [-0.2, 0) is 14.8 Å². The average molecular weight is 510 g/mol. The third-order valence-corrected chi connectivity index (χ3v) is 7.22. The minimum absolute atomic E-state index is 0.0150. The van der Waals surface area contributed by atoms with E-state index in [2.05, 4.69) is 4.72 Å². The molecule has 36 heavy (non-hydrogen) atoms. The number of rotatable bonds is 8. The first kappa shape index (κ1) is 25.4. The smallest absolute Gasteiger partial charge is 0.344 e. The topological polar surface area (TPSA) is 112 Å². The number of carbonyl (C=O) groups is 1. The Morgan fingerprint density at radius 1 is 0.944 bits per heavy atom. The van der Waals surface area contributed by atoms with Crippen molar-refractivity contribution in [2.75, 3.05) is 7.11 Å². The number of fused-ring (bicyclic) bond motifs is 3. The molecule has 0 bridgehead atoms. The minimum Gasteiger partial charge on any atom is -0.497 e. The van der Waals surface area contributed by atoms with Gasteiger partial charge < -0.3 is 13.9 Å². The first-order valence-electron chi connectivity index (χ1n) is 11.4. The summed E-state index contributed by atoms with van der Waals surface area (Å²) in [6, 6.07) is 15.0. The number of ether oxygens (including phenoxy) is 2. The Morgan fingerprint density at radius 2 is 1.61 bits per heavy atom. The molecule has 1 unspecified atom stereocenters. The molecule has 0 radical (unpaired) electrons. The van der Waals surface area contributed by atoms with Crippen molar-refractivity contribution in [1.82, 2.24) is 4.72 Å². The van der Waals surface area contributed by atoms with Gasteiger partial charge in [-0.25, -0.2) is 18.0 Å². The highest BCUT2D eigenvalue weighted by atomic mass is 32.2. The van der Waals surface area contributed by atoms with Gasteiger partial charge in [-0.1, -0.05) is 31.5 Å². The standard InChI is InChI=1S/C27H27NO7S/c1-16(2)13-24(28-36(31,32)20-9-5-17(3)6-10-20)27(30)34-19-8-12-22-21-11-7-18(33-4)14-23(21)26(29)35-25(22)15-19/h5-12,14-16,24,28H,13H2,1-4H3. The highest BCUT2D eigenvalue weighted by molar-refractivity contribution is 7.89. The van der Waals surface area contributed by atoms with Crippen LogP contribution in [0, 0.1) is 12.8 Å². The van der Waals surface area contributed by atoms with Gasteiger partial charge in [0, 0.05) is 16.8 Å². The van der Waals surface area contributed by atoms with Crippen molar-refractivity contribution in [2.45, 2.75) is 38.1 Å². The van der Waals surface area contributed by atoms with E-state index < -0.39 is 27.7 Å². The van der Waals surface area contributed by atoms with Crippen LogP contribution in [-0.4, -0.2) is 27.5 Å². The highest BCUT2D eigenvalue weighted by Crippen LogP contribution is 2.29. The Morgan fingerprint density at radius 3 is 2.28 bits per heavy atom. The van der Waals surface area contributed by atoms with Crippen LogP contribution < -0.4 is 19.8 Å². The van der Waals surface area contributed by atoms with E-state index >= 15 is 0 Å². The molecule has 0 amide bonds. The zero-order chi connectivity index (χ0) is 26.0. The summed E-state index contributed by atoms with van der Waals surface area (Å²) in [4.78, 5) is 25.6. The number of aryl methyl sites for hydroxylation is 1. The molecule has 9 heteroatoms. The number of hydrogen-bond donors (Lipinski definition) is 1. The Balaban J connectivity index is 1.62. The normalized spacial score (nSPS) is 12.7. The van der Waals surface area contributed by atoms with Crippen LogP contribution in [0.15, 0.2) is 74.8 Å². The maximum absolute atomic E-state index is 13.0. The second-order valence-corrected chi connectivity index (χ2v) is 10.7. The van der Waals surface area contributed by atoms with Crippen molar-refractivity contribution in [2.24, 2.45) is 5.92 Å². The molecule has 0 saturated carbocycles. The lowest BCUT2D eigenvalue weighted by Gasteiger charge is -2.19. The van der Waals surface area contributed by atoms with Gasteiger partial charge in [0.15, 0.2) is 0 Å². The number of carbonyl (C=O) groups excluding carboxylic acids is 1. The number of sulfonamides is 1. The number of hydrogen-bond acceptors (Lipinski definition) is 7. The van der Waals surface area contributed by atoms with E-state index in [0.717, 1.165) is 5.56 Å². The van der Waals surface area contributed by atoms with Gasteiger partial charge in [0.05, 0.1) is 17.4 Å². The van der Waals surface area contributed by atoms with E-state index in [4.69, 9.17) is 13.9 Å². The predicted molar refractivity (Wildman–Crippen MR) is 137 cm³/mol. The molecule has 4 aromatic rings. The van der Waals surface area contributed by atoms with Crippen LogP contribution in [0.25, 0.3) is 21.7 Å². The van der Waals surface area contributed by atoms with Crippen molar-refractivity contribution in [3.63, 3.8) is 0 Å². The molecular formula is C27H27NO7S. The summed E-state index contributed by atoms with van der Waals surface area (Å²) in [7, 11) is -2.44. The zero-order valence-corrected chi connectivity index (χ0v) is 21.2. The molecular weight excluding hydrogens is 482 g/mol. The molecule has 3 aromatic carbocycles. The van der Waals surface area contributed by atoms with Crippen LogP contribution in [0.2, 0.25) is 0 Å². The van der Waals surface area contributed by atoms with Crippen LogP contribution in [0.5, 0.6) is 11.5 Å². The Kier molecular flexibility index (Phi) is 7.14. The molecule has 0 aliphatic rings. The third-order valence-electron chi connectivity index (χ3n) is 5.73. The van der Waals surface area contributed by atoms with Gasteiger partial charge in [0.1, 0.15) is 23.1 Å². The van der Waals surface area contributed by atoms with E-state index in [-0.39, 0.29) is 28.6 Å². The first-order valence-corrected chi connectivity index (χ1v) is 12.9. The molecule has 0 saturated heterocycles. The van der Waals surface area contributed by atoms with Crippen molar-refractivity contribution in [3.8, 4) is 11.5 Å². The monoisotopic (exact) mass is 509 g/mol. The molecule has 4 rings (SSSR count). The van der Waals surface area contributed by atoms with Crippen molar-refractivity contribution >= 4 is 37.7 Å².